The molecule has 0 aliphatic carbocycles. The minimum absolute atomic E-state index is 0.215. The van der Waals surface area contributed by atoms with Gasteiger partial charge in [-0.3, -0.25) is 0 Å². The smallest absolute Gasteiger partial charge is 0.188 e. The molecule has 108 valence electrons. The van der Waals surface area contributed by atoms with Crippen LogP contribution in [0.25, 0.3) is 0 Å². The second-order valence-corrected chi connectivity index (χ2v) is 5.20. The molecule has 1 aromatic heterocycles. The summed E-state index contributed by atoms with van der Waals surface area (Å²) in [4.78, 5) is 0. The number of hydrogen-bond acceptors (Lipinski definition) is 5. The summed E-state index contributed by atoms with van der Waals surface area (Å²) < 4.78 is 5.67. The molecule has 1 heterocycles. The van der Waals surface area contributed by atoms with E-state index in [1.165, 1.54) is 5.56 Å². The Balaban J connectivity index is 1.85. The van der Waals surface area contributed by atoms with E-state index < -0.39 is 0 Å². The molecular formula is C14H21N5O. The number of rotatable bonds is 7. The Kier molecular flexibility index (Phi) is 5.06. The molecule has 20 heavy (non-hydrogen) atoms. The van der Waals surface area contributed by atoms with E-state index in [1.807, 2.05) is 12.1 Å². The molecule has 1 unspecified atom stereocenters. The predicted octanol–water partition coefficient (Wildman–Crippen LogP) is 2.09. The molecule has 0 spiro atoms. The third-order valence-corrected chi connectivity index (χ3v) is 2.92. The highest BCUT2D eigenvalue weighted by atomic mass is 16.5. The molecule has 0 saturated heterocycles. The zero-order valence-corrected chi connectivity index (χ0v) is 12.1. The summed E-state index contributed by atoms with van der Waals surface area (Å²) in [6.45, 7) is 7.70. The Hall–Kier alpha value is -1.95. The summed E-state index contributed by atoms with van der Waals surface area (Å²) in [7, 11) is 0. The number of nitrogens with one attached hydrogen (secondary N) is 2. The molecule has 0 bridgehead atoms. The highest BCUT2D eigenvalue weighted by Crippen LogP contribution is 2.18. The van der Waals surface area contributed by atoms with E-state index >= 15 is 0 Å². The van der Waals surface area contributed by atoms with Crippen molar-refractivity contribution in [1.29, 1.82) is 0 Å². The van der Waals surface area contributed by atoms with Crippen LogP contribution in [0, 0.1) is 5.92 Å². The fourth-order valence-electron chi connectivity index (χ4n) is 1.74. The van der Waals surface area contributed by atoms with Crippen LogP contribution in [0.15, 0.2) is 24.3 Å². The first-order valence-electron chi connectivity index (χ1n) is 6.83. The van der Waals surface area contributed by atoms with Gasteiger partial charge in [0.1, 0.15) is 5.75 Å². The highest BCUT2D eigenvalue weighted by Gasteiger charge is 2.07. The van der Waals surface area contributed by atoms with Gasteiger partial charge in [0, 0.05) is 6.04 Å². The van der Waals surface area contributed by atoms with Gasteiger partial charge in [-0.2, -0.15) is 5.21 Å². The van der Waals surface area contributed by atoms with Gasteiger partial charge in [-0.05, 0) is 30.5 Å². The zero-order valence-electron chi connectivity index (χ0n) is 12.1. The Morgan fingerprint density at radius 2 is 1.95 bits per heavy atom. The normalized spacial score (nSPS) is 12.6. The molecule has 0 aliphatic rings. The summed E-state index contributed by atoms with van der Waals surface area (Å²) in [6.07, 6.45) is 0. The van der Waals surface area contributed by atoms with Crippen LogP contribution in [-0.2, 0) is 6.54 Å². The molecule has 0 radical (unpaired) electrons. The summed E-state index contributed by atoms with van der Waals surface area (Å²) in [5.41, 5.74) is 1.20. The van der Waals surface area contributed by atoms with Crippen LogP contribution >= 0.6 is 0 Å². The first-order valence-corrected chi connectivity index (χ1v) is 6.83. The van der Waals surface area contributed by atoms with Crippen LogP contribution in [0.1, 0.15) is 38.2 Å². The van der Waals surface area contributed by atoms with E-state index in [0.29, 0.717) is 18.3 Å². The predicted molar refractivity (Wildman–Crippen MR) is 76.2 cm³/mol. The van der Waals surface area contributed by atoms with E-state index in [0.717, 1.165) is 12.4 Å². The van der Waals surface area contributed by atoms with Crippen molar-refractivity contribution in [3.8, 4) is 5.75 Å². The lowest BCUT2D eigenvalue weighted by molar-refractivity contribution is 0.271. The number of aromatic nitrogens is 4. The minimum Gasteiger partial charge on any atom is -0.493 e. The topological polar surface area (TPSA) is 75.7 Å². The van der Waals surface area contributed by atoms with Crippen molar-refractivity contribution in [3.63, 3.8) is 0 Å². The molecule has 0 amide bonds. The number of tetrazole rings is 1. The Bertz CT molecular complexity index is 495. The van der Waals surface area contributed by atoms with Crippen LogP contribution in [-0.4, -0.2) is 27.2 Å². The third-order valence-electron chi connectivity index (χ3n) is 2.92. The molecule has 0 aliphatic heterocycles. The van der Waals surface area contributed by atoms with Gasteiger partial charge < -0.3 is 10.1 Å². The van der Waals surface area contributed by atoms with Gasteiger partial charge in [-0.25, -0.2) is 0 Å². The van der Waals surface area contributed by atoms with Crippen molar-refractivity contribution < 1.29 is 4.74 Å². The quantitative estimate of drug-likeness (QED) is 0.809. The van der Waals surface area contributed by atoms with Crippen LogP contribution in [0.2, 0.25) is 0 Å². The van der Waals surface area contributed by atoms with Gasteiger partial charge in [0.25, 0.3) is 0 Å². The maximum atomic E-state index is 5.67. The standard InChI is InChI=1S/C14H21N5O/c1-10(2)9-20-13-6-4-12(5-7-13)11(3)15-8-14-16-18-19-17-14/h4-7,10-11,15H,8-9H2,1-3H3,(H,16,17,18,19). The lowest BCUT2D eigenvalue weighted by Crippen LogP contribution is -2.18. The monoisotopic (exact) mass is 275 g/mol. The summed E-state index contributed by atoms with van der Waals surface area (Å²) in [6, 6.07) is 8.37. The summed E-state index contributed by atoms with van der Waals surface area (Å²) in [5, 5.41) is 17.1. The molecule has 2 aromatic rings. The van der Waals surface area contributed by atoms with E-state index in [4.69, 9.17) is 4.74 Å². The largest absolute Gasteiger partial charge is 0.493 e. The number of benzene rings is 1. The molecule has 1 atom stereocenters. The molecule has 0 saturated carbocycles. The van der Waals surface area contributed by atoms with Gasteiger partial charge in [-0.1, -0.05) is 31.2 Å². The average molecular weight is 275 g/mol. The second-order valence-electron chi connectivity index (χ2n) is 5.20. The number of ether oxygens (including phenoxy) is 1. The highest BCUT2D eigenvalue weighted by molar-refractivity contribution is 5.28. The van der Waals surface area contributed by atoms with Gasteiger partial charge in [-0.15, -0.1) is 10.2 Å². The Morgan fingerprint density at radius 1 is 1.20 bits per heavy atom. The van der Waals surface area contributed by atoms with E-state index in [2.05, 4.69) is 58.8 Å². The van der Waals surface area contributed by atoms with Gasteiger partial charge in [0.15, 0.2) is 5.82 Å². The van der Waals surface area contributed by atoms with Crippen molar-refractivity contribution in [2.75, 3.05) is 6.61 Å². The second kappa shape index (κ2) is 7.00. The van der Waals surface area contributed by atoms with Crippen LogP contribution in [0.4, 0.5) is 0 Å². The molecule has 2 rings (SSSR count). The lowest BCUT2D eigenvalue weighted by Gasteiger charge is -2.14. The fraction of sp³-hybridized carbons (Fsp3) is 0.500. The maximum Gasteiger partial charge on any atom is 0.188 e. The summed E-state index contributed by atoms with van der Waals surface area (Å²) in [5.74, 6) is 2.10. The zero-order chi connectivity index (χ0) is 14.4. The molecule has 2 N–H and O–H groups in total. The maximum absolute atomic E-state index is 5.67. The molecule has 6 heteroatoms. The van der Waals surface area contributed by atoms with Gasteiger partial charge >= 0.3 is 0 Å². The summed E-state index contributed by atoms with van der Waals surface area (Å²) >= 11 is 0. The van der Waals surface area contributed by atoms with Crippen LogP contribution in [0.5, 0.6) is 5.75 Å². The molecule has 6 nitrogen and oxygen atoms in total. The average Bonchev–Trinajstić information content (AvgIpc) is 2.96. The van der Waals surface area contributed by atoms with Crippen molar-refractivity contribution in [2.45, 2.75) is 33.4 Å². The first-order chi connectivity index (χ1) is 9.65. The van der Waals surface area contributed by atoms with Crippen molar-refractivity contribution in [1.82, 2.24) is 25.9 Å². The van der Waals surface area contributed by atoms with Gasteiger partial charge in [0.05, 0.1) is 13.2 Å². The van der Waals surface area contributed by atoms with Gasteiger partial charge in [0.2, 0.25) is 0 Å². The minimum atomic E-state index is 0.215. The Morgan fingerprint density at radius 3 is 2.55 bits per heavy atom. The number of aromatic amines is 1. The number of H-pyrrole nitrogens is 1. The third kappa shape index (κ3) is 4.31. The van der Waals surface area contributed by atoms with Crippen molar-refractivity contribution >= 4 is 0 Å². The van der Waals surface area contributed by atoms with E-state index in [-0.39, 0.29) is 6.04 Å². The fourth-order valence-corrected chi connectivity index (χ4v) is 1.74. The van der Waals surface area contributed by atoms with Crippen molar-refractivity contribution in [2.24, 2.45) is 5.92 Å². The lowest BCUT2D eigenvalue weighted by atomic mass is 10.1. The van der Waals surface area contributed by atoms with Crippen LogP contribution < -0.4 is 10.1 Å². The van der Waals surface area contributed by atoms with E-state index in [1.54, 1.807) is 0 Å². The molecule has 1 aromatic carbocycles. The number of nitrogens with zero attached hydrogens (tertiary/aromatic N) is 3. The number of hydrogen-bond donors (Lipinski definition) is 2. The Labute approximate surface area is 118 Å². The van der Waals surface area contributed by atoms with Crippen LogP contribution in [0.3, 0.4) is 0 Å². The van der Waals surface area contributed by atoms with Crippen molar-refractivity contribution in [3.05, 3.63) is 35.7 Å². The first kappa shape index (κ1) is 14.5. The molecule has 0 fully saturated rings. The SMILES string of the molecule is CC(C)COc1ccc(C(C)NCc2nn[nH]n2)cc1. The van der Waals surface area contributed by atoms with E-state index in [9.17, 15) is 0 Å². The molecular weight excluding hydrogens is 254 g/mol.